The van der Waals surface area contributed by atoms with Crippen LogP contribution >= 0.6 is 0 Å². The minimum atomic E-state index is -5.08. The number of para-hydroxylation sites is 1. The lowest BCUT2D eigenvalue weighted by atomic mass is 10.1. The second-order valence-corrected chi connectivity index (χ2v) is 7.83. The Labute approximate surface area is 201 Å². The van der Waals surface area contributed by atoms with Crippen molar-refractivity contribution in [3.63, 3.8) is 0 Å². The number of fused-ring (bicyclic) bond motifs is 3. The first kappa shape index (κ1) is 29.3. The molecule has 2 heterocycles. The number of aliphatic carboxylic acids is 2. The van der Waals surface area contributed by atoms with Crippen molar-refractivity contribution in [3.8, 4) is 0 Å². The number of methoxy groups -OCH3 is 1. The number of pyridine rings is 1. The number of benzene rings is 1. The molecule has 1 saturated carbocycles. The molecule has 2 fully saturated rings. The third-order valence-corrected chi connectivity index (χ3v) is 5.45. The Bertz CT molecular complexity index is 1010. The van der Waals surface area contributed by atoms with E-state index in [9.17, 15) is 26.3 Å². The third-order valence-electron chi connectivity index (χ3n) is 5.45. The highest BCUT2D eigenvalue weighted by Crippen LogP contribution is 2.32. The van der Waals surface area contributed by atoms with Gasteiger partial charge in [0.1, 0.15) is 0 Å². The normalized spacial score (nSPS) is 22.0. The Hall–Kier alpha value is -2.97. The molecule has 2 N–H and O–H groups in total. The van der Waals surface area contributed by atoms with Crippen molar-refractivity contribution in [1.82, 2.24) is 9.88 Å². The van der Waals surface area contributed by atoms with E-state index in [0.29, 0.717) is 6.04 Å². The zero-order chi connectivity index (χ0) is 27.1. The topological polar surface area (TPSA) is 109 Å². The molecular weight excluding hydrogens is 502 g/mol. The average Bonchev–Trinajstić information content (AvgIpc) is 3.12. The van der Waals surface area contributed by atoms with Crippen LogP contribution in [-0.4, -0.2) is 82.9 Å². The van der Waals surface area contributed by atoms with Crippen molar-refractivity contribution in [3.05, 3.63) is 42.1 Å². The van der Waals surface area contributed by atoms with Gasteiger partial charge in [-0.15, -0.1) is 0 Å². The summed E-state index contributed by atoms with van der Waals surface area (Å²) >= 11 is 0. The predicted octanol–water partition coefficient (Wildman–Crippen LogP) is 3.88. The number of aromatic nitrogens is 1. The monoisotopic (exact) mass is 526 g/mol. The van der Waals surface area contributed by atoms with Gasteiger partial charge in [-0.05, 0) is 25.0 Å². The second-order valence-electron chi connectivity index (χ2n) is 7.83. The van der Waals surface area contributed by atoms with Crippen molar-refractivity contribution >= 4 is 22.8 Å². The van der Waals surface area contributed by atoms with Crippen molar-refractivity contribution in [2.24, 2.45) is 0 Å². The number of hydrogen-bond acceptors (Lipinski definition) is 6. The highest BCUT2D eigenvalue weighted by atomic mass is 19.4. The van der Waals surface area contributed by atoms with Gasteiger partial charge in [-0.1, -0.05) is 24.3 Å². The van der Waals surface area contributed by atoms with Gasteiger partial charge < -0.3 is 19.7 Å². The highest BCUT2D eigenvalue weighted by molar-refractivity contribution is 5.78. The summed E-state index contributed by atoms with van der Waals surface area (Å²) in [6.07, 6.45) is -7.45. The number of ether oxygens (including phenoxy) is 2. The van der Waals surface area contributed by atoms with Gasteiger partial charge in [0.05, 0.1) is 30.0 Å². The number of alkyl halides is 6. The first-order chi connectivity index (χ1) is 16.7. The van der Waals surface area contributed by atoms with Gasteiger partial charge in [0.15, 0.2) is 0 Å². The fourth-order valence-electron chi connectivity index (χ4n) is 3.88. The van der Waals surface area contributed by atoms with Gasteiger partial charge in [0.2, 0.25) is 0 Å². The SMILES string of the molecule is COC1C2CCC1N(Cc1ccc3ccccc3n1)CCO2.O=C(O)C(F)(F)F.O=C(O)C(F)(F)F. The van der Waals surface area contributed by atoms with Crippen LogP contribution in [0.15, 0.2) is 36.4 Å². The zero-order valence-corrected chi connectivity index (χ0v) is 18.9. The molecule has 200 valence electrons. The molecule has 1 aromatic heterocycles. The number of halogens is 6. The number of nitrogens with zero attached hydrogens (tertiary/aromatic N) is 2. The predicted molar refractivity (Wildman–Crippen MR) is 113 cm³/mol. The van der Waals surface area contributed by atoms with Crippen LogP contribution < -0.4 is 0 Å². The van der Waals surface area contributed by atoms with Crippen LogP contribution in [0.1, 0.15) is 18.5 Å². The summed E-state index contributed by atoms with van der Waals surface area (Å²) in [5.74, 6) is -5.51. The molecule has 1 aliphatic carbocycles. The van der Waals surface area contributed by atoms with Gasteiger partial charge in [-0.2, -0.15) is 26.3 Å². The molecule has 2 aliphatic rings. The first-order valence-corrected chi connectivity index (χ1v) is 10.6. The molecule has 14 heteroatoms. The van der Waals surface area contributed by atoms with Crippen molar-refractivity contribution in [2.45, 2.75) is 50.0 Å². The largest absolute Gasteiger partial charge is 0.490 e. The number of hydrogen-bond donors (Lipinski definition) is 2. The first-order valence-electron chi connectivity index (χ1n) is 10.6. The van der Waals surface area contributed by atoms with Gasteiger partial charge >= 0.3 is 24.3 Å². The molecule has 2 bridgehead atoms. The van der Waals surface area contributed by atoms with E-state index < -0.39 is 24.3 Å². The molecule has 1 aromatic carbocycles. The van der Waals surface area contributed by atoms with Gasteiger partial charge in [0.25, 0.3) is 0 Å². The molecule has 8 nitrogen and oxygen atoms in total. The number of carbonyl (C=O) groups is 2. The lowest BCUT2D eigenvalue weighted by Gasteiger charge is -2.30. The molecule has 0 spiro atoms. The fraction of sp³-hybridized carbons (Fsp3) is 0.500. The fourth-order valence-corrected chi connectivity index (χ4v) is 3.88. The number of carboxylic acids is 2. The van der Waals surface area contributed by atoms with Crippen LogP contribution in [0.3, 0.4) is 0 Å². The van der Waals surface area contributed by atoms with Crippen LogP contribution in [0.2, 0.25) is 0 Å². The maximum absolute atomic E-state index is 10.6. The van der Waals surface area contributed by atoms with E-state index in [4.69, 9.17) is 34.3 Å². The third kappa shape index (κ3) is 8.31. The van der Waals surface area contributed by atoms with E-state index in [2.05, 4.69) is 35.2 Å². The minimum Gasteiger partial charge on any atom is -0.475 e. The summed E-state index contributed by atoms with van der Waals surface area (Å²) in [7, 11) is 1.80. The lowest BCUT2D eigenvalue weighted by molar-refractivity contribution is -0.193. The molecule has 0 radical (unpaired) electrons. The van der Waals surface area contributed by atoms with Gasteiger partial charge in [0, 0.05) is 31.6 Å². The lowest BCUT2D eigenvalue weighted by Crippen LogP contribution is -2.42. The maximum Gasteiger partial charge on any atom is 0.490 e. The standard InChI is InChI=1S/C18H22N2O2.2C2HF3O2/c1-21-18-16-8-9-17(18)22-11-10-20(16)12-14-7-6-13-4-2-3-5-15(13)19-14;2*3-2(4,5)1(6)7/h2-7,16-18H,8-12H2,1H3;2*(H,6,7). The molecule has 4 rings (SSSR count). The van der Waals surface area contributed by atoms with E-state index in [0.717, 1.165) is 43.7 Å². The van der Waals surface area contributed by atoms with Gasteiger partial charge in [-0.3, -0.25) is 9.88 Å². The van der Waals surface area contributed by atoms with Crippen LogP contribution in [-0.2, 0) is 25.6 Å². The summed E-state index contributed by atoms with van der Waals surface area (Å²) in [5, 5.41) is 15.4. The van der Waals surface area contributed by atoms with Crippen LogP contribution in [0.4, 0.5) is 26.3 Å². The number of rotatable bonds is 3. The minimum absolute atomic E-state index is 0.197. The van der Waals surface area contributed by atoms with Gasteiger partial charge in [-0.25, -0.2) is 9.59 Å². The second kappa shape index (κ2) is 12.3. The van der Waals surface area contributed by atoms with E-state index >= 15 is 0 Å². The zero-order valence-electron chi connectivity index (χ0n) is 18.9. The molecule has 0 amide bonds. The van der Waals surface area contributed by atoms with Crippen LogP contribution in [0, 0.1) is 0 Å². The van der Waals surface area contributed by atoms with E-state index in [1.807, 2.05) is 6.07 Å². The maximum atomic E-state index is 10.6. The summed E-state index contributed by atoms with van der Waals surface area (Å²) < 4.78 is 75.1. The molecule has 2 aromatic rings. The molecule has 3 unspecified atom stereocenters. The Morgan fingerprint density at radius 2 is 1.61 bits per heavy atom. The molecule has 1 saturated heterocycles. The van der Waals surface area contributed by atoms with Crippen LogP contribution in [0.5, 0.6) is 0 Å². The van der Waals surface area contributed by atoms with E-state index in [-0.39, 0.29) is 12.2 Å². The summed E-state index contributed by atoms with van der Waals surface area (Å²) in [4.78, 5) is 25.1. The smallest absolute Gasteiger partial charge is 0.475 e. The Balaban J connectivity index is 0.000000271. The Morgan fingerprint density at radius 3 is 2.17 bits per heavy atom. The van der Waals surface area contributed by atoms with Crippen molar-refractivity contribution in [2.75, 3.05) is 20.3 Å². The molecule has 3 atom stereocenters. The van der Waals surface area contributed by atoms with Crippen molar-refractivity contribution < 1.29 is 55.6 Å². The van der Waals surface area contributed by atoms with E-state index in [1.54, 1.807) is 7.11 Å². The Kier molecular flexibility index (Phi) is 10.0. The highest BCUT2D eigenvalue weighted by Gasteiger charge is 2.42. The number of carboxylic acid groups (broad SMARTS) is 2. The van der Waals surface area contributed by atoms with Crippen LogP contribution in [0.25, 0.3) is 10.9 Å². The average molecular weight is 526 g/mol. The van der Waals surface area contributed by atoms with E-state index in [1.165, 1.54) is 5.39 Å². The summed E-state index contributed by atoms with van der Waals surface area (Å²) in [6, 6.07) is 13.0. The Morgan fingerprint density at radius 1 is 1.03 bits per heavy atom. The summed E-state index contributed by atoms with van der Waals surface area (Å²) in [5.41, 5.74) is 2.19. The summed E-state index contributed by atoms with van der Waals surface area (Å²) in [6.45, 7) is 2.61. The molecule has 36 heavy (non-hydrogen) atoms. The molecule has 1 aliphatic heterocycles. The quantitative estimate of drug-likeness (QED) is 0.581. The molecular formula is C22H24F6N2O6. The van der Waals surface area contributed by atoms with Crippen molar-refractivity contribution in [1.29, 1.82) is 0 Å².